The molecule has 118 valence electrons. The van der Waals surface area contributed by atoms with Crippen molar-refractivity contribution in [3.63, 3.8) is 0 Å². The molecule has 2 aliphatic rings. The molecule has 3 rings (SSSR count). The first kappa shape index (κ1) is 15.3. The molecule has 1 amide bonds. The molecule has 2 saturated carbocycles. The van der Waals surface area contributed by atoms with Crippen LogP contribution < -0.4 is 5.32 Å². The van der Waals surface area contributed by atoms with Crippen LogP contribution in [0.4, 0.5) is 0 Å². The summed E-state index contributed by atoms with van der Waals surface area (Å²) in [6, 6.07) is 8.68. The van der Waals surface area contributed by atoms with E-state index in [-0.39, 0.29) is 5.91 Å². The first-order chi connectivity index (χ1) is 10.7. The summed E-state index contributed by atoms with van der Waals surface area (Å²) < 4.78 is 0. The molecule has 0 heterocycles. The molecule has 0 unspecified atom stereocenters. The smallest absolute Gasteiger partial charge is 0.244 e. The number of fused-ring (bicyclic) bond motifs is 2. The fourth-order valence-electron chi connectivity index (χ4n) is 4.32. The molecule has 2 heteroatoms. The van der Waals surface area contributed by atoms with Gasteiger partial charge in [-0.2, -0.15) is 0 Å². The van der Waals surface area contributed by atoms with Crippen LogP contribution in [-0.4, -0.2) is 11.9 Å². The monoisotopic (exact) mass is 297 g/mol. The summed E-state index contributed by atoms with van der Waals surface area (Å²) >= 11 is 0. The maximum absolute atomic E-state index is 12.1. The van der Waals surface area contributed by atoms with Crippen molar-refractivity contribution >= 4 is 12.0 Å². The van der Waals surface area contributed by atoms with Crippen LogP contribution in [0.1, 0.15) is 50.7 Å². The molecule has 2 bridgehead atoms. The molecule has 2 fully saturated rings. The minimum atomic E-state index is 0.0369. The number of hydrogen-bond donors (Lipinski definition) is 1. The maximum atomic E-state index is 12.1. The van der Waals surface area contributed by atoms with Gasteiger partial charge in [-0.25, -0.2) is 0 Å². The Balaban J connectivity index is 1.52. The molecular formula is C20H27NO. The number of amides is 1. The van der Waals surface area contributed by atoms with Crippen molar-refractivity contribution in [2.24, 2.45) is 17.8 Å². The lowest BCUT2D eigenvalue weighted by molar-refractivity contribution is -0.117. The molecular weight excluding hydrogens is 270 g/mol. The van der Waals surface area contributed by atoms with Gasteiger partial charge >= 0.3 is 0 Å². The predicted octanol–water partition coefficient (Wildman–Crippen LogP) is 4.20. The van der Waals surface area contributed by atoms with Gasteiger partial charge in [0.2, 0.25) is 5.91 Å². The standard InChI is InChI=1S/C20H27NO/c1-3-15-4-6-16(7-5-15)9-11-20(22)21-14(2)19-13-17-8-10-18(19)12-17/h4-7,9,11,14,17-19H,3,8,10,12-13H2,1-2H3,(H,21,22)/b11-9+/t14-,17+,18+,19-/m1/s1. The van der Waals surface area contributed by atoms with Crippen LogP contribution in [0.2, 0.25) is 0 Å². The van der Waals surface area contributed by atoms with Crippen molar-refractivity contribution in [3.8, 4) is 0 Å². The van der Waals surface area contributed by atoms with E-state index in [2.05, 4.69) is 43.4 Å². The average molecular weight is 297 g/mol. The van der Waals surface area contributed by atoms with E-state index in [0.29, 0.717) is 12.0 Å². The van der Waals surface area contributed by atoms with Gasteiger partial charge in [0.25, 0.3) is 0 Å². The van der Waals surface area contributed by atoms with E-state index in [4.69, 9.17) is 0 Å². The Bertz CT molecular complexity index is 545. The van der Waals surface area contributed by atoms with E-state index in [9.17, 15) is 4.79 Å². The zero-order valence-corrected chi connectivity index (χ0v) is 13.7. The Morgan fingerprint density at radius 3 is 2.64 bits per heavy atom. The molecule has 0 aliphatic heterocycles. The highest BCUT2D eigenvalue weighted by Gasteiger charge is 2.41. The second-order valence-electron chi connectivity index (χ2n) is 7.06. The number of nitrogens with one attached hydrogen (secondary N) is 1. The summed E-state index contributed by atoms with van der Waals surface area (Å²) in [7, 11) is 0. The summed E-state index contributed by atoms with van der Waals surface area (Å²) in [4.78, 5) is 12.1. The highest BCUT2D eigenvalue weighted by atomic mass is 16.1. The summed E-state index contributed by atoms with van der Waals surface area (Å²) in [6.07, 6.45) is 10.1. The molecule has 22 heavy (non-hydrogen) atoms. The molecule has 0 radical (unpaired) electrons. The molecule has 1 N–H and O–H groups in total. The van der Waals surface area contributed by atoms with E-state index in [0.717, 1.165) is 23.8 Å². The Hall–Kier alpha value is -1.57. The average Bonchev–Trinajstić information content (AvgIpc) is 3.16. The lowest BCUT2D eigenvalue weighted by atomic mass is 9.84. The largest absolute Gasteiger partial charge is 0.350 e. The van der Waals surface area contributed by atoms with Crippen LogP contribution in [-0.2, 0) is 11.2 Å². The topological polar surface area (TPSA) is 29.1 Å². The van der Waals surface area contributed by atoms with Crippen LogP contribution in [0.5, 0.6) is 0 Å². The Labute approximate surface area is 134 Å². The van der Waals surface area contributed by atoms with Gasteiger partial charge in [0.1, 0.15) is 0 Å². The van der Waals surface area contributed by atoms with Crippen molar-refractivity contribution in [2.45, 2.75) is 52.0 Å². The van der Waals surface area contributed by atoms with Gasteiger partial charge in [-0.3, -0.25) is 4.79 Å². The normalized spacial score (nSPS) is 28.2. The minimum Gasteiger partial charge on any atom is -0.350 e. The zero-order chi connectivity index (χ0) is 15.5. The number of hydrogen-bond acceptors (Lipinski definition) is 1. The third kappa shape index (κ3) is 3.43. The molecule has 4 atom stereocenters. The van der Waals surface area contributed by atoms with Gasteiger partial charge in [-0.05, 0) is 67.6 Å². The SMILES string of the molecule is CCc1ccc(/C=C/C(=O)N[C@H](C)[C@H]2C[C@H]3CC[C@H]2C3)cc1. The molecule has 2 aliphatic carbocycles. The fourth-order valence-corrected chi connectivity index (χ4v) is 4.32. The number of rotatable bonds is 5. The summed E-state index contributed by atoms with van der Waals surface area (Å²) in [6.45, 7) is 4.32. The predicted molar refractivity (Wildman–Crippen MR) is 91.4 cm³/mol. The van der Waals surface area contributed by atoms with E-state index < -0.39 is 0 Å². The summed E-state index contributed by atoms with van der Waals surface area (Å²) in [5.74, 6) is 2.52. The lowest BCUT2D eigenvalue weighted by Crippen LogP contribution is -2.39. The third-order valence-corrected chi connectivity index (χ3v) is 5.62. The van der Waals surface area contributed by atoms with Crippen molar-refractivity contribution in [1.82, 2.24) is 5.32 Å². The van der Waals surface area contributed by atoms with E-state index in [1.54, 1.807) is 6.08 Å². The fraction of sp³-hybridized carbons (Fsp3) is 0.550. The first-order valence-electron chi connectivity index (χ1n) is 8.73. The quantitative estimate of drug-likeness (QED) is 0.811. The number of benzene rings is 1. The van der Waals surface area contributed by atoms with Gasteiger partial charge < -0.3 is 5.32 Å². The van der Waals surface area contributed by atoms with Crippen molar-refractivity contribution in [2.75, 3.05) is 0 Å². The maximum Gasteiger partial charge on any atom is 0.244 e. The van der Waals surface area contributed by atoms with Crippen molar-refractivity contribution in [3.05, 3.63) is 41.5 Å². The van der Waals surface area contributed by atoms with Crippen molar-refractivity contribution < 1.29 is 4.79 Å². The van der Waals surface area contributed by atoms with Gasteiger partial charge in [-0.15, -0.1) is 0 Å². The zero-order valence-electron chi connectivity index (χ0n) is 13.7. The Kier molecular flexibility index (Phi) is 4.66. The molecule has 0 aromatic heterocycles. The van der Waals surface area contributed by atoms with Crippen LogP contribution in [0, 0.1) is 17.8 Å². The Morgan fingerprint density at radius 2 is 2.05 bits per heavy atom. The summed E-state index contributed by atoms with van der Waals surface area (Å²) in [5, 5.41) is 3.17. The Morgan fingerprint density at radius 1 is 1.27 bits per heavy atom. The van der Waals surface area contributed by atoms with Crippen LogP contribution in [0.15, 0.2) is 30.3 Å². The van der Waals surface area contributed by atoms with Crippen LogP contribution in [0.25, 0.3) is 6.08 Å². The first-order valence-corrected chi connectivity index (χ1v) is 8.73. The second kappa shape index (κ2) is 6.68. The van der Waals surface area contributed by atoms with E-state index in [1.807, 2.05) is 6.08 Å². The number of carbonyl (C=O) groups excluding carboxylic acids is 1. The second-order valence-corrected chi connectivity index (χ2v) is 7.06. The van der Waals surface area contributed by atoms with Gasteiger partial charge in [0.15, 0.2) is 0 Å². The van der Waals surface area contributed by atoms with Crippen molar-refractivity contribution in [1.29, 1.82) is 0 Å². The number of carbonyl (C=O) groups is 1. The van der Waals surface area contributed by atoms with Gasteiger partial charge in [0, 0.05) is 12.1 Å². The molecule has 0 saturated heterocycles. The molecule has 0 spiro atoms. The molecule has 2 nitrogen and oxygen atoms in total. The van der Waals surface area contributed by atoms with Gasteiger partial charge in [0.05, 0.1) is 0 Å². The minimum absolute atomic E-state index is 0.0369. The van der Waals surface area contributed by atoms with E-state index >= 15 is 0 Å². The highest BCUT2D eigenvalue weighted by molar-refractivity contribution is 5.91. The number of aryl methyl sites for hydroxylation is 1. The van der Waals surface area contributed by atoms with E-state index in [1.165, 1.54) is 31.2 Å². The van der Waals surface area contributed by atoms with Crippen LogP contribution >= 0.6 is 0 Å². The molecule has 1 aromatic rings. The van der Waals surface area contributed by atoms with Crippen LogP contribution in [0.3, 0.4) is 0 Å². The molecule has 1 aromatic carbocycles. The highest BCUT2D eigenvalue weighted by Crippen LogP contribution is 2.49. The summed E-state index contributed by atoms with van der Waals surface area (Å²) in [5.41, 5.74) is 2.41. The lowest BCUT2D eigenvalue weighted by Gasteiger charge is -2.28. The van der Waals surface area contributed by atoms with Gasteiger partial charge in [-0.1, -0.05) is 37.6 Å². The third-order valence-electron chi connectivity index (χ3n) is 5.62.